The summed E-state index contributed by atoms with van der Waals surface area (Å²) in [4.78, 5) is 14.8. The van der Waals surface area contributed by atoms with Crippen LogP contribution in [0.1, 0.15) is 11.4 Å². The molecule has 3 heterocycles. The van der Waals surface area contributed by atoms with Gasteiger partial charge in [0.05, 0.1) is 28.6 Å². The van der Waals surface area contributed by atoms with Crippen LogP contribution in [0.5, 0.6) is 0 Å². The SMILES string of the molecule is Nc1cc(N2CCc3nccnc3C2)c(Cl)cn1. The van der Waals surface area contributed by atoms with Gasteiger partial charge in [0.1, 0.15) is 5.82 Å². The summed E-state index contributed by atoms with van der Waals surface area (Å²) in [5, 5.41) is 0.608. The molecule has 5 nitrogen and oxygen atoms in total. The predicted molar refractivity (Wildman–Crippen MR) is 70.4 cm³/mol. The summed E-state index contributed by atoms with van der Waals surface area (Å²) in [6.45, 7) is 1.56. The van der Waals surface area contributed by atoms with Crippen molar-refractivity contribution < 1.29 is 0 Å². The molecule has 92 valence electrons. The van der Waals surface area contributed by atoms with Crippen LogP contribution in [0.3, 0.4) is 0 Å². The van der Waals surface area contributed by atoms with Crippen LogP contribution in [0.25, 0.3) is 0 Å². The third kappa shape index (κ3) is 1.97. The van der Waals surface area contributed by atoms with E-state index in [2.05, 4.69) is 19.9 Å². The van der Waals surface area contributed by atoms with Crippen molar-refractivity contribution in [3.8, 4) is 0 Å². The van der Waals surface area contributed by atoms with E-state index in [9.17, 15) is 0 Å². The highest BCUT2D eigenvalue weighted by atomic mass is 35.5. The Hall–Kier alpha value is -1.88. The number of hydrogen-bond donors (Lipinski definition) is 1. The first-order valence-electron chi connectivity index (χ1n) is 5.69. The molecule has 0 bridgehead atoms. The summed E-state index contributed by atoms with van der Waals surface area (Å²) >= 11 is 6.16. The van der Waals surface area contributed by atoms with Crippen LogP contribution < -0.4 is 10.6 Å². The fourth-order valence-electron chi connectivity index (χ4n) is 2.13. The molecule has 0 aliphatic carbocycles. The van der Waals surface area contributed by atoms with Crippen molar-refractivity contribution in [2.45, 2.75) is 13.0 Å². The molecule has 2 N–H and O–H groups in total. The van der Waals surface area contributed by atoms with Crippen molar-refractivity contribution in [2.75, 3.05) is 17.2 Å². The normalized spacial score (nSPS) is 14.4. The smallest absolute Gasteiger partial charge is 0.125 e. The molecule has 0 saturated heterocycles. The summed E-state index contributed by atoms with van der Waals surface area (Å²) in [5.41, 5.74) is 8.67. The van der Waals surface area contributed by atoms with E-state index in [1.165, 1.54) is 0 Å². The number of nitrogens with zero attached hydrogens (tertiary/aromatic N) is 4. The molecule has 0 aromatic carbocycles. The third-order valence-electron chi connectivity index (χ3n) is 3.02. The van der Waals surface area contributed by atoms with Crippen LogP contribution in [0.4, 0.5) is 11.5 Å². The van der Waals surface area contributed by atoms with Gasteiger partial charge in [-0.05, 0) is 0 Å². The fraction of sp³-hybridized carbons (Fsp3) is 0.250. The van der Waals surface area contributed by atoms with E-state index < -0.39 is 0 Å². The van der Waals surface area contributed by atoms with Gasteiger partial charge in [-0.25, -0.2) is 4.98 Å². The number of halogens is 1. The van der Waals surface area contributed by atoms with E-state index in [1.54, 1.807) is 24.7 Å². The zero-order chi connectivity index (χ0) is 12.5. The maximum Gasteiger partial charge on any atom is 0.125 e. The lowest BCUT2D eigenvalue weighted by atomic mass is 10.1. The maximum absolute atomic E-state index is 6.16. The van der Waals surface area contributed by atoms with Gasteiger partial charge in [-0.15, -0.1) is 0 Å². The van der Waals surface area contributed by atoms with Gasteiger partial charge in [0.15, 0.2) is 0 Å². The van der Waals surface area contributed by atoms with Gasteiger partial charge >= 0.3 is 0 Å². The topological polar surface area (TPSA) is 67.9 Å². The third-order valence-corrected chi connectivity index (χ3v) is 3.31. The Kier molecular flexibility index (Phi) is 2.76. The monoisotopic (exact) mass is 261 g/mol. The number of hydrogen-bond acceptors (Lipinski definition) is 5. The first-order chi connectivity index (χ1) is 8.74. The van der Waals surface area contributed by atoms with E-state index in [0.717, 1.165) is 30.0 Å². The Labute approximate surface area is 110 Å². The fourth-order valence-corrected chi connectivity index (χ4v) is 2.35. The first-order valence-corrected chi connectivity index (χ1v) is 6.06. The molecule has 0 fully saturated rings. The van der Waals surface area contributed by atoms with Crippen LogP contribution in [0, 0.1) is 0 Å². The Morgan fingerprint density at radius 3 is 2.78 bits per heavy atom. The van der Waals surface area contributed by atoms with Crippen molar-refractivity contribution in [1.82, 2.24) is 15.0 Å². The Balaban J connectivity index is 1.94. The van der Waals surface area contributed by atoms with E-state index >= 15 is 0 Å². The molecule has 0 saturated carbocycles. The van der Waals surface area contributed by atoms with Crippen molar-refractivity contribution in [3.63, 3.8) is 0 Å². The average molecular weight is 262 g/mol. The van der Waals surface area contributed by atoms with Gasteiger partial charge in [-0.1, -0.05) is 11.6 Å². The molecule has 18 heavy (non-hydrogen) atoms. The van der Waals surface area contributed by atoms with Crippen molar-refractivity contribution in [3.05, 3.63) is 41.1 Å². The number of aromatic nitrogens is 3. The van der Waals surface area contributed by atoms with Gasteiger partial charge in [-0.3, -0.25) is 9.97 Å². The Morgan fingerprint density at radius 1 is 1.17 bits per heavy atom. The second kappa shape index (κ2) is 4.42. The van der Waals surface area contributed by atoms with Crippen molar-refractivity contribution in [2.24, 2.45) is 0 Å². The molecule has 0 unspecified atom stereocenters. The summed E-state index contributed by atoms with van der Waals surface area (Å²) in [6.07, 6.45) is 5.89. The second-order valence-corrected chi connectivity index (χ2v) is 4.59. The quantitative estimate of drug-likeness (QED) is 0.846. The van der Waals surface area contributed by atoms with Crippen molar-refractivity contribution in [1.29, 1.82) is 0 Å². The lowest BCUT2D eigenvalue weighted by Crippen LogP contribution is -2.32. The zero-order valence-corrected chi connectivity index (χ0v) is 10.4. The van der Waals surface area contributed by atoms with E-state index in [1.807, 2.05) is 0 Å². The molecule has 1 aliphatic rings. The lowest BCUT2D eigenvalue weighted by molar-refractivity contribution is 0.689. The molecule has 1 aliphatic heterocycles. The first kappa shape index (κ1) is 11.2. The van der Waals surface area contributed by atoms with E-state index in [-0.39, 0.29) is 0 Å². The molecule has 0 radical (unpaired) electrons. The minimum Gasteiger partial charge on any atom is -0.384 e. The van der Waals surface area contributed by atoms with Crippen molar-refractivity contribution >= 4 is 23.1 Å². The van der Waals surface area contributed by atoms with Crippen LogP contribution in [-0.4, -0.2) is 21.5 Å². The average Bonchev–Trinajstić information content (AvgIpc) is 2.41. The number of rotatable bonds is 1. The summed E-state index contributed by atoms with van der Waals surface area (Å²) in [6, 6.07) is 1.80. The standard InChI is InChI=1S/C12H12ClN5/c13-8-6-17-12(14)5-11(8)18-4-1-9-10(7-18)16-3-2-15-9/h2-3,5-6H,1,4,7H2,(H2,14,17). The second-order valence-electron chi connectivity index (χ2n) is 4.18. The molecule has 3 rings (SSSR count). The number of pyridine rings is 1. The maximum atomic E-state index is 6.16. The highest BCUT2D eigenvalue weighted by Crippen LogP contribution is 2.29. The summed E-state index contributed by atoms with van der Waals surface area (Å²) in [5.74, 6) is 0.472. The lowest BCUT2D eigenvalue weighted by Gasteiger charge is -2.29. The number of anilines is 2. The minimum atomic E-state index is 0.472. The van der Waals surface area contributed by atoms with Gasteiger partial charge in [0.25, 0.3) is 0 Å². The number of nitrogens with two attached hydrogens (primary N) is 1. The molecule has 2 aromatic heterocycles. The predicted octanol–water partition coefficient (Wildman–Crippen LogP) is 1.67. The minimum absolute atomic E-state index is 0.472. The van der Waals surface area contributed by atoms with E-state index in [0.29, 0.717) is 17.4 Å². The molecular formula is C12H12ClN5. The van der Waals surface area contributed by atoms with Gasteiger partial charge in [-0.2, -0.15) is 0 Å². The van der Waals surface area contributed by atoms with E-state index in [4.69, 9.17) is 17.3 Å². The molecule has 6 heteroatoms. The molecule has 2 aromatic rings. The van der Waals surface area contributed by atoms with Gasteiger partial charge in [0, 0.05) is 37.6 Å². The Bertz CT molecular complexity index is 586. The van der Waals surface area contributed by atoms with Crippen LogP contribution >= 0.6 is 11.6 Å². The highest BCUT2D eigenvalue weighted by Gasteiger charge is 2.20. The molecule has 0 spiro atoms. The summed E-state index contributed by atoms with van der Waals surface area (Å²) in [7, 11) is 0. The zero-order valence-electron chi connectivity index (χ0n) is 9.67. The largest absolute Gasteiger partial charge is 0.384 e. The van der Waals surface area contributed by atoms with Crippen LogP contribution in [0.2, 0.25) is 5.02 Å². The molecule has 0 atom stereocenters. The Morgan fingerprint density at radius 2 is 1.94 bits per heavy atom. The highest BCUT2D eigenvalue weighted by molar-refractivity contribution is 6.33. The van der Waals surface area contributed by atoms with Gasteiger partial charge in [0.2, 0.25) is 0 Å². The number of fused-ring (bicyclic) bond motifs is 1. The van der Waals surface area contributed by atoms with Gasteiger partial charge < -0.3 is 10.6 Å². The molecule has 0 amide bonds. The molecular weight excluding hydrogens is 250 g/mol. The van der Waals surface area contributed by atoms with Crippen LogP contribution in [0.15, 0.2) is 24.7 Å². The summed E-state index contributed by atoms with van der Waals surface area (Å²) < 4.78 is 0. The number of nitrogen functional groups attached to an aromatic ring is 1. The van der Waals surface area contributed by atoms with Crippen LogP contribution in [-0.2, 0) is 13.0 Å².